The van der Waals surface area contributed by atoms with Crippen molar-refractivity contribution < 1.29 is 9.53 Å². The SMILES string of the molecule is CC(C)(C)c1nc(CNC(=O)NCCOc2ccc(Cl)cc2)cs1. The predicted octanol–water partition coefficient (Wildman–Crippen LogP) is 3.97. The smallest absolute Gasteiger partial charge is 0.315 e. The van der Waals surface area contributed by atoms with Crippen LogP contribution in [-0.2, 0) is 12.0 Å². The molecule has 130 valence electrons. The van der Waals surface area contributed by atoms with Crippen LogP contribution in [0.3, 0.4) is 0 Å². The fraction of sp³-hybridized carbons (Fsp3) is 0.412. The van der Waals surface area contributed by atoms with Crippen LogP contribution < -0.4 is 15.4 Å². The summed E-state index contributed by atoms with van der Waals surface area (Å²) in [6.07, 6.45) is 0. The third kappa shape index (κ3) is 6.02. The first-order valence-electron chi connectivity index (χ1n) is 7.69. The van der Waals surface area contributed by atoms with Gasteiger partial charge in [0.1, 0.15) is 12.4 Å². The van der Waals surface area contributed by atoms with Crippen LogP contribution in [0.4, 0.5) is 4.79 Å². The molecule has 1 heterocycles. The Labute approximate surface area is 151 Å². The Kier molecular flexibility index (Phi) is 6.45. The van der Waals surface area contributed by atoms with Crippen LogP contribution in [0.5, 0.6) is 5.75 Å². The van der Waals surface area contributed by atoms with Gasteiger partial charge in [0.15, 0.2) is 0 Å². The monoisotopic (exact) mass is 367 g/mol. The second kappa shape index (κ2) is 8.35. The van der Waals surface area contributed by atoms with Gasteiger partial charge in [0, 0.05) is 15.8 Å². The molecule has 0 aliphatic rings. The van der Waals surface area contributed by atoms with Gasteiger partial charge in [0.25, 0.3) is 0 Å². The van der Waals surface area contributed by atoms with E-state index in [0.29, 0.717) is 24.7 Å². The van der Waals surface area contributed by atoms with Crippen molar-refractivity contribution in [3.63, 3.8) is 0 Å². The number of amides is 2. The van der Waals surface area contributed by atoms with Crippen molar-refractivity contribution in [2.24, 2.45) is 0 Å². The number of halogens is 1. The molecule has 0 fully saturated rings. The summed E-state index contributed by atoms with van der Waals surface area (Å²) in [5.41, 5.74) is 0.905. The highest BCUT2D eigenvalue weighted by molar-refractivity contribution is 7.09. The van der Waals surface area contributed by atoms with Gasteiger partial charge in [-0.1, -0.05) is 32.4 Å². The van der Waals surface area contributed by atoms with E-state index in [9.17, 15) is 4.79 Å². The zero-order valence-corrected chi connectivity index (χ0v) is 15.6. The first kappa shape index (κ1) is 18.5. The van der Waals surface area contributed by atoms with Gasteiger partial charge in [-0.25, -0.2) is 9.78 Å². The van der Waals surface area contributed by atoms with Gasteiger partial charge in [-0.15, -0.1) is 11.3 Å². The molecule has 0 aliphatic carbocycles. The molecule has 0 saturated heterocycles. The topological polar surface area (TPSA) is 63.2 Å². The maximum Gasteiger partial charge on any atom is 0.315 e. The summed E-state index contributed by atoms with van der Waals surface area (Å²) >= 11 is 7.42. The van der Waals surface area contributed by atoms with Crippen LogP contribution in [0.2, 0.25) is 5.02 Å². The Morgan fingerprint density at radius 1 is 1.25 bits per heavy atom. The van der Waals surface area contributed by atoms with Crippen molar-refractivity contribution in [3.05, 3.63) is 45.4 Å². The van der Waals surface area contributed by atoms with Gasteiger partial charge in [0.05, 0.1) is 23.8 Å². The van der Waals surface area contributed by atoms with Crippen LogP contribution in [0.15, 0.2) is 29.6 Å². The highest BCUT2D eigenvalue weighted by Gasteiger charge is 2.17. The van der Waals surface area contributed by atoms with E-state index < -0.39 is 0 Å². The molecule has 0 saturated carbocycles. The molecule has 0 unspecified atom stereocenters. The van der Waals surface area contributed by atoms with Crippen LogP contribution in [0.1, 0.15) is 31.5 Å². The molecule has 1 aromatic carbocycles. The molecule has 2 N–H and O–H groups in total. The lowest BCUT2D eigenvalue weighted by Gasteiger charge is -2.13. The Hall–Kier alpha value is -1.79. The van der Waals surface area contributed by atoms with Crippen molar-refractivity contribution in [1.29, 1.82) is 0 Å². The van der Waals surface area contributed by atoms with E-state index >= 15 is 0 Å². The van der Waals surface area contributed by atoms with Gasteiger partial charge in [-0.3, -0.25) is 0 Å². The zero-order chi connectivity index (χ0) is 17.6. The fourth-order valence-electron chi connectivity index (χ4n) is 1.83. The Morgan fingerprint density at radius 2 is 1.96 bits per heavy atom. The lowest BCUT2D eigenvalue weighted by Crippen LogP contribution is -2.37. The van der Waals surface area contributed by atoms with Crippen molar-refractivity contribution in [1.82, 2.24) is 15.6 Å². The summed E-state index contributed by atoms with van der Waals surface area (Å²) in [6, 6.07) is 6.86. The Bertz CT molecular complexity index is 665. The first-order valence-corrected chi connectivity index (χ1v) is 8.95. The van der Waals surface area contributed by atoms with Crippen LogP contribution in [-0.4, -0.2) is 24.2 Å². The molecule has 0 bridgehead atoms. The Balaban J connectivity index is 1.64. The molecule has 0 aliphatic heterocycles. The van der Waals surface area contributed by atoms with E-state index in [2.05, 4.69) is 36.4 Å². The van der Waals surface area contributed by atoms with Crippen LogP contribution >= 0.6 is 22.9 Å². The average molecular weight is 368 g/mol. The number of rotatable bonds is 6. The maximum atomic E-state index is 11.8. The molecule has 0 atom stereocenters. The largest absolute Gasteiger partial charge is 0.492 e. The van der Waals surface area contributed by atoms with E-state index in [4.69, 9.17) is 16.3 Å². The number of urea groups is 1. The molecule has 5 nitrogen and oxygen atoms in total. The van der Waals surface area contributed by atoms with Crippen molar-refractivity contribution in [3.8, 4) is 5.75 Å². The van der Waals surface area contributed by atoms with E-state index in [1.165, 1.54) is 0 Å². The molecule has 2 amide bonds. The minimum Gasteiger partial charge on any atom is -0.492 e. The minimum absolute atomic E-state index is 0.0319. The summed E-state index contributed by atoms with van der Waals surface area (Å²) in [4.78, 5) is 16.3. The Morgan fingerprint density at radius 3 is 2.58 bits per heavy atom. The maximum absolute atomic E-state index is 11.8. The number of carbonyl (C=O) groups excluding carboxylic acids is 1. The number of aromatic nitrogens is 1. The van der Waals surface area contributed by atoms with Gasteiger partial charge < -0.3 is 15.4 Å². The highest BCUT2D eigenvalue weighted by atomic mass is 35.5. The molecular formula is C17H22ClN3O2S. The van der Waals surface area contributed by atoms with Gasteiger partial charge in [-0.2, -0.15) is 0 Å². The number of carbonyl (C=O) groups is 1. The lowest BCUT2D eigenvalue weighted by molar-refractivity contribution is 0.236. The standard InChI is InChI=1S/C17H22ClN3O2S/c1-17(2,3)15-21-13(11-24-15)10-20-16(22)19-8-9-23-14-6-4-12(18)5-7-14/h4-7,11H,8-10H2,1-3H3,(H2,19,20,22). The number of ether oxygens (including phenoxy) is 1. The summed E-state index contributed by atoms with van der Waals surface area (Å²) in [7, 11) is 0. The number of hydrogen-bond acceptors (Lipinski definition) is 4. The zero-order valence-electron chi connectivity index (χ0n) is 14.1. The summed E-state index contributed by atoms with van der Waals surface area (Å²) in [6.45, 7) is 7.58. The summed E-state index contributed by atoms with van der Waals surface area (Å²) in [5, 5.41) is 9.24. The van der Waals surface area contributed by atoms with E-state index in [-0.39, 0.29) is 11.4 Å². The van der Waals surface area contributed by atoms with Gasteiger partial charge >= 0.3 is 6.03 Å². The molecule has 0 radical (unpaired) electrons. The second-order valence-electron chi connectivity index (χ2n) is 6.31. The van der Waals surface area contributed by atoms with Gasteiger partial charge in [0.2, 0.25) is 0 Å². The quantitative estimate of drug-likeness (QED) is 0.759. The second-order valence-corrected chi connectivity index (χ2v) is 7.60. The number of hydrogen-bond donors (Lipinski definition) is 2. The van der Waals surface area contributed by atoms with Crippen molar-refractivity contribution in [2.45, 2.75) is 32.7 Å². The number of thiazole rings is 1. The third-order valence-electron chi connectivity index (χ3n) is 3.09. The first-order chi connectivity index (χ1) is 11.3. The molecule has 0 spiro atoms. The summed E-state index contributed by atoms with van der Waals surface area (Å²) < 4.78 is 5.50. The van der Waals surface area contributed by atoms with E-state index in [1.54, 1.807) is 35.6 Å². The molecular weight excluding hydrogens is 346 g/mol. The van der Waals surface area contributed by atoms with Gasteiger partial charge in [-0.05, 0) is 24.3 Å². The fourth-order valence-corrected chi connectivity index (χ4v) is 2.86. The molecule has 1 aromatic heterocycles. The van der Waals surface area contributed by atoms with E-state index in [0.717, 1.165) is 16.5 Å². The molecule has 2 rings (SSSR count). The predicted molar refractivity (Wildman–Crippen MR) is 98.0 cm³/mol. The molecule has 2 aromatic rings. The highest BCUT2D eigenvalue weighted by Crippen LogP contribution is 2.25. The third-order valence-corrected chi connectivity index (χ3v) is 4.66. The molecule has 24 heavy (non-hydrogen) atoms. The number of nitrogens with zero attached hydrogens (tertiary/aromatic N) is 1. The number of benzene rings is 1. The van der Waals surface area contributed by atoms with Crippen LogP contribution in [0, 0.1) is 0 Å². The van der Waals surface area contributed by atoms with Crippen molar-refractivity contribution >= 4 is 29.0 Å². The summed E-state index contributed by atoms with van der Waals surface area (Å²) in [5.74, 6) is 0.721. The minimum atomic E-state index is -0.236. The average Bonchev–Trinajstić information content (AvgIpc) is 3.00. The molecule has 7 heteroatoms. The van der Waals surface area contributed by atoms with Crippen molar-refractivity contribution in [2.75, 3.05) is 13.2 Å². The van der Waals surface area contributed by atoms with E-state index in [1.807, 2.05) is 5.38 Å². The number of nitrogens with one attached hydrogen (secondary N) is 2. The lowest BCUT2D eigenvalue weighted by atomic mass is 9.98. The normalized spacial score (nSPS) is 11.2. The van der Waals surface area contributed by atoms with Crippen LogP contribution in [0.25, 0.3) is 0 Å².